The lowest BCUT2D eigenvalue weighted by Crippen LogP contribution is -2.17. The summed E-state index contributed by atoms with van der Waals surface area (Å²) < 4.78 is 61.2. The molecule has 23 heavy (non-hydrogen) atoms. The molecule has 11 heteroatoms. The second-order valence-corrected chi connectivity index (χ2v) is 7.18. The van der Waals surface area contributed by atoms with Crippen molar-refractivity contribution in [2.45, 2.75) is 18.7 Å². The number of anilines is 1. The van der Waals surface area contributed by atoms with E-state index < -0.39 is 20.4 Å². The second-order valence-electron chi connectivity index (χ2n) is 4.48. The minimum Gasteiger partial charge on any atom is -0.358 e. The molecule has 124 valence electrons. The molecule has 0 saturated heterocycles. The molecule has 0 radical (unpaired) electrons. The molecule has 9 nitrogen and oxygen atoms in total. The molecule has 0 aliphatic heterocycles. The third-order valence-electron chi connectivity index (χ3n) is 2.67. The molecule has 1 aromatic carbocycles. The zero-order valence-electron chi connectivity index (χ0n) is 12.1. The van der Waals surface area contributed by atoms with E-state index >= 15 is 0 Å². The van der Waals surface area contributed by atoms with Crippen molar-refractivity contribution in [3.63, 3.8) is 0 Å². The van der Waals surface area contributed by atoms with Crippen molar-refractivity contribution in [1.82, 2.24) is 9.97 Å². The van der Waals surface area contributed by atoms with E-state index in [0.29, 0.717) is 0 Å². The van der Waals surface area contributed by atoms with E-state index in [0.717, 1.165) is 0 Å². The summed E-state index contributed by atoms with van der Waals surface area (Å²) in [5.41, 5.74) is 0.0850. The van der Waals surface area contributed by atoms with Gasteiger partial charge in [-0.3, -0.25) is 4.55 Å². The van der Waals surface area contributed by atoms with Crippen molar-refractivity contribution in [2.75, 3.05) is 4.72 Å². The molecule has 1 heterocycles. The highest BCUT2D eigenvalue weighted by molar-refractivity contribution is 7.92. The Morgan fingerprint density at radius 1 is 1.00 bits per heavy atom. The Kier molecular flexibility index (Phi) is 4.54. The number of rotatable bonds is 5. The van der Waals surface area contributed by atoms with Gasteiger partial charge in [-0.1, -0.05) is 18.2 Å². The molecule has 1 aromatic heterocycles. The number of hydrogen-bond acceptors (Lipinski definition) is 7. The minimum absolute atomic E-state index is 0.0252. The van der Waals surface area contributed by atoms with Gasteiger partial charge >= 0.3 is 10.4 Å². The molecule has 0 unspecified atom stereocenters. The topological polar surface area (TPSA) is 136 Å². The molecule has 0 amide bonds. The van der Waals surface area contributed by atoms with E-state index in [1.165, 1.54) is 26.0 Å². The molecule has 0 aliphatic carbocycles. The molecule has 0 atom stereocenters. The third-order valence-corrected chi connectivity index (χ3v) is 4.39. The normalized spacial score (nSPS) is 12.0. The molecule has 2 rings (SSSR count). The maximum atomic E-state index is 12.2. The Morgan fingerprint density at radius 2 is 1.52 bits per heavy atom. The summed E-state index contributed by atoms with van der Waals surface area (Å²) in [6, 6.07) is 7.60. The van der Waals surface area contributed by atoms with Crippen LogP contribution in [0, 0.1) is 13.8 Å². The van der Waals surface area contributed by atoms with Gasteiger partial charge in [0.2, 0.25) is 5.95 Å². The van der Waals surface area contributed by atoms with Crippen LogP contribution in [-0.2, 0) is 20.4 Å². The van der Waals surface area contributed by atoms with Crippen molar-refractivity contribution < 1.29 is 25.6 Å². The molecule has 0 saturated carbocycles. The van der Waals surface area contributed by atoms with E-state index in [1.54, 1.807) is 18.2 Å². The van der Waals surface area contributed by atoms with Gasteiger partial charge < -0.3 is 4.18 Å². The number of nitrogens with one attached hydrogen (secondary N) is 1. The van der Waals surface area contributed by atoms with Gasteiger partial charge in [-0.15, -0.1) is 0 Å². The lowest BCUT2D eigenvalue weighted by Gasteiger charge is -2.11. The van der Waals surface area contributed by atoms with Crippen LogP contribution in [0.25, 0.3) is 0 Å². The fraction of sp³-hybridized carbons (Fsp3) is 0.167. The number of benzene rings is 1. The lowest BCUT2D eigenvalue weighted by atomic mass is 10.3. The SMILES string of the molecule is Cc1nc(NS(=O)(=O)c2ccccc2)nc(C)c1OS(=O)(=O)O. The van der Waals surface area contributed by atoms with Crippen molar-refractivity contribution in [1.29, 1.82) is 0 Å². The highest BCUT2D eigenvalue weighted by Crippen LogP contribution is 2.23. The molecular formula is C12H13N3O6S2. The van der Waals surface area contributed by atoms with E-state index in [4.69, 9.17) is 4.55 Å². The number of hydrogen-bond donors (Lipinski definition) is 2. The Balaban J connectivity index is 2.36. The van der Waals surface area contributed by atoms with E-state index in [1.807, 2.05) is 0 Å². The van der Waals surface area contributed by atoms with Gasteiger partial charge in [0.05, 0.1) is 16.3 Å². The summed E-state index contributed by atoms with van der Waals surface area (Å²) in [6.07, 6.45) is 0. The fourth-order valence-corrected chi connectivity index (χ4v) is 3.17. The molecular weight excluding hydrogens is 346 g/mol. The summed E-state index contributed by atoms with van der Waals surface area (Å²) >= 11 is 0. The highest BCUT2D eigenvalue weighted by Gasteiger charge is 2.19. The van der Waals surface area contributed by atoms with Gasteiger partial charge in [0.15, 0.2) is 5.75 Å². The predicted octanol–water partition coefficient (Wildman–Crippen LogP) is 1.08. The van der Waals surface area contributed by atoms with Crippen molar-refractivity contribution in [3.8, 4) is 5.75 Å². The predicted molar refractivity (Wildman–Crippen MR) is 80.9 cm³/mol. The fourth-order valence-electron chi connectivity index (χ4n) is 1.76. The van der Waals surface area contributed by atoms with E-state index in [9.17, 15) is 16.8 Å². The molecule has 2 aromatic rings. The van der Waals surface area contributed by atoms with Crippen molar-refractivity contribution >= 4 is 26.4 Å². The Bertz CT molecular complexity index is 904. The minimum atomic E-state index is -4.73. The van der Waals surface area contributed by atoms with Crippen LogP contribution >= 0.6 is 0 Å². The summed E-state index contributed by atoms with van der Waals surface area (Å²) in [5, 5.41) is 0. The quantitative estimate of drug-likeness (QED) is 0.757. The van der Waals surface area contributed by atoms with Crippen LogP contribution < -0.4 is 8.91 Å². The number of sulfonamides is 1. The maximum Gasteiger partial charge on any atom is 0.446 e. The number of nitrogens with zero attached hydrogens (tertiary/aromatic N) is 2. The summed E-state index contributed by atoms with van der Waals surface area (Å²) in [7, 11) is -8.61. The third kappa shape index (κ3) is 4.37. The molecule has 0 bridgehead atoms. The molecule has 0 spiro atoms. The summed E-state index contributed by atoms with van der Waals surface area (Å²) in [4.78, 5) is 7.68. The molecule has 0 fully saturated rings. The van der Waals surface area contributed by atoms with Gasteiger partial charge in [0, 0.05) is 0 Å². The Hall–Kier alpha value is -2.24. The van der Waals surface area contributed by atoms with Gasteiger partial charge in [-0.2, -0.15) is 8.42 Å². The zero-order chi connectivity index (χ0) is 17.3. The number of aromatic nitrogens is 2. The Labute approximate surface area is 133 Å². The van der Waals surface area contributed by atoms with Crippen LogP contribution in [0.15, 0.2) is 35.2 Å². The van der Waals surface area contributed by atoms with Gasteiger partial charge in [-0.25, -0.2) is 23.1 Å². The van der Waals surface area contributed by atoms with Crippen LogP contribution in [0.3, 0.4) is 0 Å². The van der Waals surface area contributed by atoms with E-state index in [-0.39, 0.29) is 28.0 Å². The summed E-state index contributed by atoms with van der Waals surface area (Å²) in [6.45, 7) is 2.77. The monoisotopic (exact) mass is 359 g/mol. The summed E-state index contributed by atoms with van der Waals surface area (Å²) in [5.74, 6) is -0.512. The largest absolute Gasteiger partial charge is 0.446 e. The molecule has 2 N–H and O–H groups in total. The van der Waals surface area contributed by atoms with Gasteiger partial charge in [-0.05, 0) is 26.0 Å². The lowest BCUT2D eigenvalue weighted by molar-refractivity contribution is 0.383. The zero-order valence-corrected chi connectivity index (χ0v) is 13.7. The average molecular weight is 359 g/mol. The smallest absolute Gasteiger partial charge is 0.358 e. The van der Waals surface area contributed by atoms with Crippen molar-refractivity contribution in [2.24, 2.45) is 0 Å². The van der Waals surface area contributed by atoms with Gasteiger partial charge in [0.25, 0.3) is 10.0 Å². The van der Waals surface area contributed by atoms with Crippen LogP contribution in [0.1, 0.15) is 11.4 Å². The van der Waals surface area contributed by atoms with E-state index in [2.05, 4.69) is 18.9 Å². The standard InChI is InChI=1S/C12H13N3O6S2/c1-8-11(21-23(18,19)20)9(2)14-12(13-8)15-22(16,17)10-6-4-3-5-7-10/h3-7H,1-2H3,(H,13,14,15)(H,18,19,20). The average Bonchev–Trinajstić information content (AvgIpc) is 2.42. The Morgan fingerprint density at radius 3 is 2.00 bits per heavy atom. The van der Waals surface area contributed by atoms with Crippen LogP contribution in [0.5, 0.6) is 5.75 Å². The number of aryl methyl sites for hydroxylation is 2. The maximum absolute atomic E-state index is 12.2. The van der Waals surface area contributed by atoms with Crippen LogP contribution in [0.4, 0.5) is 5.95 Å². The van der Waals surface area contributed by atoms with Crippen LogP contribution in [-0.4, -0.2) is 31.4 Å². The second kappa shape index (κ2) is 6.10. The first-order valence-electron chi connectivity index (χ1n) is 6.18. The first-order valence-corrected chi connectivity index (χ1v) is 9.03. The van der Waals surface area contributed by atoms with Crippen LogP contribution in [0.2, 0.25) is 0 Å². The van der Waals surface area contributed by atoms with Gasteiger partial charge in [0.1, 0.15) is 0 Å². The highest BCUT2D eigenvalue weighted by atomic mass is 32.3. The molecule has 0 aliphatic rings. The van der Waals surface area contributed by atoms with Crippen molar-refractivity contribution in [3.05, 3.63) is 41.7 Å². The first kappa shape index (κ1) is 17.1. The first-order chi connectivity index (χ1) is 10.6.